The average Bonchev–Trinajstić information content (AvgIpc) is 2.72. The van der Waals surface area contributed by atoms with Gasteiger partial charge in [0.1, 0.15) is 11.6 Å². The summed E-state index contributed by atoms with van der Waals surface area (Å²) in [4.78, 5) is 18.0. The number of rotatable bonds is 14. The normalized spacial score (nSPS) is 16.8. The lowest BCUT2D eigenvalue weighted by Crippen LogP contribution is -2.40. The van der Waals surface area contributed by atoms with E-state index in [2.05, 4.69) is 21.2 Å². The summed E-state index contributed by atoms with van der Waals surface area (Å²) in [5.74, 6) is -0.873. The second-order valence-corrected chi connectivity index (χ2v) is 7.79. The van der Waals surface area contributed by atoms with Crippen LogP contribution in [-0.2, 0) is 9.73 Å². The maximum absolute atomic E-state index is 14.7. The van der Waals surface area contributed by atoms with Crippen molar-refractivity contribution in [2.45, 2.75) is 58.5 Å². The van der Waals surface area contributed by atoms with Gasteiger partial charge in [0.2, 0.25) is 6.41 Å². The first-order chi connectivity index (χ1) is 14.9. The minimum absolute atomic E-state index is 0.000405. The van der Waals surface area contributed by atoms with Crippen LogP contribution in [0.2, 0.25) is 0 Å². The van der Waals surface area contributed by atoms with Crippen LogP contribution in [0, 0.1) is 24.5 Å². The van der Waals surface area contributed by atoms with Gasteiger partial charge in [-0.15, -0.1) is 0 Å². The number of nitrogens with one attached hydrogen (secondary N) is 3. The molecule has 8 heteroatoms. The Hall–Kier alpha value is -1.87. The number of hydrogen-bond acceptors (Lipinski definition) is 5. The minimum Gasteiger partial charge on any atom is -0.359 e. The van der Waals surface area contributed by atoms with Gasteiger partial charge < -0.3 is 10.2 Å². The lowest BCUT2D eigenvalue weighted by molar-refractivity contribution is -0.109. The van der Waals surface area contributed by atoms with Gasteiger partial charge in [-0.3, -0.25) is 4.79 Å². The van der Waals surface area contributed by atoms with E-state index in [1.54, 1.807) is 6.92 Å². The van der Waals surface area contributed by atoms with Crippen LogP contribution in [0.25, 0.3) is 0 Å². The lowest BCUT2D eigenvalue weighted by atomic mass is 9.86. The number of hydroxylamine groups is 2. The van der Waals surface area contributed by atoms with Crippen molar-refractivity contribution in [3.8, 4) is 0 Å². The molecule has 0 aromatic heterocycles. The van der Waals surface area contributed by atoms with Crippen molar-refractivity contribution in [2.75, 3.05) is 27.2 Å². The first-order valence-electron chi connectivity index (χ1n) is 11.0. The average molecular weight is 441 g/mol. The first-order valence-corrected chi connectivity index (χ1v) is 11.0. The molecule has 6 nitrogen and oxygen atoms in total. The molecule has 3 atom stereocenters. The largest absolute Gasteiger partial charge is 0.359 e. The number of amides is 1. The Morgan fingerprint density at radius 3 is 2.52 bits per heavy atom. The Balaban J connectivity index is 0.00000233. The van der Waals surface area contributed by atoms with Crippen molar-refractivity contribution in [3.63, 3.8) is 0 Å². The zero-order valence-electron chi connectivity index (χ0n) is 19.4. The highest BCUT2D eigenvalue weighted by molar-refractivity contribution is 5.45. The molecule has 2 rings (SSSR count). The van der Waals surface area contributed by atoms with Crippen molar-refractivity contribution >= 4 is 6.41 Å². The summed E-state index contributed by atoms with van der Waals surface area (Å²) >= 11 is 0. The molecule has 1 aromatic rings. The van der Waals surface area contributed by atoms with E-state index >= 15 is 0 Å². The maximum Gasteiger partial charge on any atom is 0.207 e. The van der Waals surface area contributed by atoms with Gasteiger partial charge in [-0.05, 0) is 70.8 Å². The van der Waals surface area contributed by atoms with E-state index in [1.165, 1.54) is 12.1 Å². The van der Waals surface area contributed by atoms with Crippen LogP contribution in [0.4, 0.5) is 8.78 Å². The molecule has 1 amide bonds. The number of hydrogen-bond donors (Lipinski definition) is 3. The molecule has 0 bridgehead atoms. The van der Waals surface area contributed by atoms with E-state index in [0.29, 0.717) is 31.4 Å². The molecular weight excluding hydrogens is 402 g/mol. The Morgan fingerprint density at radius 1 is 1.23 bits per heavy atom. The van der Waals surface area contributed by atoms with Gasteiger partial charge in [0, 0.05) is 18.2 Å². The van der Waals surface area contributed by atoms with Gasteiger partial charge in [-0.2, -0.15) is 11.0 Å². The van der Waals surface area contributed by atoms with E-state index in [4.69, 9.17) is 4.94 Å². The molecule has 0 heterocycles. The zero-order chi connectivity index (χ0) is 23.2. The van der Waals surface area contributed by atoms with Crippen LogP contribution in [0.15, 0.2) is 24.3 Å². The third-order valence-corrected chi connectivity index (χ3v) is 5.13. The summed E-state index contributed by atoms with van der Waals surface area (Å²) in [5.41, 5.74) is 6.16. The summed E-state index contributed by atoms with van der Waals surface area (Å²) in [6.07, 6.45) is 7.62. The smallest absolute Gasteiger partial charge is 0.207 e. The molecule has 0 radical (unpaired) electrons. The van der Waals surface area contributed by atoms with E-state index < -0.39 is 17.7 Å². The number of carbonyl (C=O) groups excluding carboxylic acids is 1. The molecule has 1 aliphatic carbocycles. The molecule has 0 saturated heterocycles. The summed E-state index contributed by atoms with van der Waals surface area (Å²) in [7, 11) is 3.95. The maximum atomic E-state index is 14.7. The monoisotopic (exact) mass is 440 g/mol. The molecule has 3 unspecified atom stereocenters. The van der Waals surface area contributed by atoms with Gasteiger partial charge in [-0.1, -0.05) is 32.1 Å². The van der Waals surface area contributed by atoms with Gasteiger partial charge in [0.25, 0.3) is 0 Å². The Bertz CT molecular complexity index is 686. The molecule has 1 aliphatic rings. The second-order valence-electron chi connectivity index (χ2n) is 7.79. The second kappa shape index (κ2) is 15.0. The minimum atomic E-state index is -0.625. The van der Waals surface area contributed by atoms with Crippen LogP contribution in [0.1, 0.15) is 56.7 Å². The molecule has 0 aliphatic heterocycles. The van der Waals surface area contributed by atoms with Crippen LogP contribution in [-0.4, -0.2) is 44.5 Å². The molecule has 3 N–H and O–H groups in total. The first kappa shape index (κ1) is 27.2. The van der Waals surface area contributed by atoms with E-state index in [0.717, 1.165) is 19.4 Å². The molecule has 0 fully saturated rings. The number of nitrogens with zero attached hydrogens (tertiary/aromatic N) is 1. The highest BCUT2D eigenvalue weighted by Crippen LogP contribution is 2.32. The Morgan fingerprint density at radius 2 is 1.94 bits per heavy atom. The topological polar surface area (TPSA) is 65.6 Å². The van der Waals surface area contributed by atoms with Crippen molar-refractivity contribution < 1.29 is 18.5 Å². The van der Waals surface area contributed by atoms with Crippen molar-refractivity contribution in [2.24, 2.45) is 5.92 Å². The van der Waals surface area contributed by atoms with E-state index in [9.17, 15) is 13.6 Å². The summed E-state index contributed by atoms with van der Waals surface area (Å²) < 4.78 is 29.1. The van der Waals surface area contributed by atoms with Gasteiger partial charge in [-0.25, -0.2) is 13.7 Å². The fourth-order valence-corrected chi connectivity index (χ4v) is 3.21. The third kappa shape index (κ3) is 9.43. The van der Waals surface area contributed by atoms with Crippen molar-refractivity contribution in [1.29, 1.82) is 0 Å². The van der Waals surface area contributed by atoms with E-state index in [1.807, 2.05) is 40.1 Å². The predicted octanol–water partition coefficient (Wildman–Crippen LogP) is 3.79. The fourth-order valence-electron chi connectivity index (χ4n) is 3.21. The summed E-state index contributed by atoms with van der Waals surface area (Å²) in [5, 5.41) is 2.64. The number of carbonyl (C=O) groups is 1. The molecule has 31 heavy (non-hydrogen) atoms. The van der Waals surface area contributed by atoms with Gasteiger partial charge in [0.15, 0.2) is 0 Å². The highest BCUT2D eigenvalue weighted by Gasteiger charge is 2.26. The predicted molar refractivity (Wildman–Crippen MR) is 120 cm³/mol. The number of halogens is 2. The van der Waals surface area contributed by atoms with Crippen LogP contribution in [0.5, 0.6) is 0 Å². The van der Waals surface area contributed by atoms with Gasteiger partial charge in [0.05, 0.1) is 6.04 Å². The molecular formula is C23H38F2N4O2. The zero-order valence-corrected chi connectivity index (χ0v) is 19.4. The van der Waals surface area contributed by atoms with Crippen LogP contribution >= 0.6 is 0 Å². The van der Waals surface area contributed by atoms with E-state index in [-0.39, 0.29) is 17.5 Å². The molecule has 0 saturated carbocycles. The molecule has 1 aromatic carbocycles. The van der Waals surface area contributed by atoms with Crippen LogP contribution in [0.3, 0.4) is 0 Å². The number of allylic oxidation sites excluding steroid dienone is 2. The third-order valence-electron chi connectivity index (χ3n) is 5.13. The molecule has 0 spiro atoms. The fraction of sp³-hybridized carbons (Fsp3) is 0.609. The summed E-state index contributed by atoms with van der Waals surface area (Å²) in [6, 6.07) is 2.07. The van der Waals surface area contributed by atoms with Gasteiger partial charge >= 0.3 is 0 Å². The SMILES string of the molecule is CC.Cc1ccc(F)c(C(CC2C=CC2)NONC(CCNC=O)CCN(C)C)c1F. The lowest BCUT2D eigenvalue weighted by Gasteiger charge is -2.27. The quantitative estimate of drug-likeness (QED) is 0.178. The Labute approximate surface area is 185 Å². The standard InChI is InChI=1S/C21H32F2N4O2.C2H6/c1-15-7-8-18(22)20(21(15)23)19(13-16-5-4-6-16)26-29-25-17(9-11-24-14-28)10-12-27(2)3;1-2/h4-5,7-8,14,16-17,19,25-26H,6,9-13H2,1-3H3,(H,24,28);1-2H3. The molecule has 176 valence electrons. The number of aryl methyl sites for hydroxylation is 1. The number of benzene rings is 1. The summed E-state index contributed by atoms with van der Waals surface area (Å²) in [6.45, 7) is 6.96. The van der Waals surface area contributed by atoms with Crippen LogP contribution < -0.4 is 16.3 Å². The Kier molecular flexibility index (Phi) is 13.2. The van der Waals surface area contributed by atoms with Crippen molar-refractivity contribution in [1.82, 2.24) is 21.2 Å². The van der Waals surface area contributed by atoms with Crippen molar-refractivity contribution in [3.05, 3.63) is 47.0 Å². The highest BCUT2D eigenvalue weighted by atomic mass is 19.1.